The summed E-state index contributed by atoms with van der Waals surface area (Å²) in [5, 5.41) is 7.30. The number of nitrogens with one attached hydrogen (secondary N) is 1. The van der Waals surface area contributed by atoms with Crippen LogP contribution in [0.4, 0.5) is 0 Å². The summed E-state index contributed by atoms with van der Waals surface area (Å²) < 4.78 is 10.1. The van der Waals surface area contributed by atoms with Crippen LogP contribution in [-0.4, -0.2) is 22.7 Å². The van der Waals surface area contributed by atoms with Crippen LogP contribution >= 0.6 is 0 Å². The quantitative estimate of drug-likeness (QED) is 0.827. The van der Waals surface area contributed by atoms with E-state index >= 15 is 0 Å². The number of hydrogen-bond donors (Lipinski definition) is 1. The van der Waals surface area contributed by atoms with Gasteiger partial charge >= 0.3 is 0 Å². The number of rotatable bonds is 5. The third-order valence-corrected chi connectivity index (χ3v) is 2.60. The Morgan fingerprint density at radius 1 is 1.44 bits per heavy atom. The molecule has 2 aromatic heterocycles. The first kappa shape index (κ1) is 9.59. The van der Waals surface area contributed by atoms with Crippen LogP contribution in [0.1, 0.15) is 18.7 Å². The second-order valence-corrected chi connectivity index (χ2v) is 4.00. The second-order valence-electron chi connectivity index (χ2n) is 4.00. The van der Waals surface area contributed by atoms with Crippen molar-refractivity contribution in [3.8, 4) is 11.4 Å². The molecule has 0 aliphatic heterocycles. The van der Waals surface area contributed by atoms with Gasteiger partial charge in [-0.1, -0.05) is 5.16 Å². The minimum atomic E-state index is 0.593. The molecule has 3 rings (SSSR count). The van der Waals surface area contributed by atoms with Crippen molar-refractivity contribution in [2.45, 2.75) is 25.3 Å². The van der Waals surface area contributed by atoms with E-state index in [4.69, 9.17) is 8.94 Å². The van der Waals surface area contributed by atoms with Crippen LogP contribution in [0.3, 0.4) is 0 Å². The molecule has 2 heterocycles. The van der Waals surface area contributed by atoms with Gasteiger partial charge in [-0.05, 0) is 18.9 Å². The van der Waals surface area contributed by atoms with Crippen LogP contribution in [-0.2, 0) is 6.42 Å². The van der Waals surface area contributed by atoms with Crippen molar-refractivity contribution in [2.75, 3.05) is 6.54 Å². The Morgan fingerprint density at radius 2 is 2.38 bits per heavy atom. The van der Waals surface area contributed by atoms with Crippen LogP contribution in [0.2, 0.25) is 0 Å². The summed E-state index contributed by atoms with van der Waals surface area (Å²) in [4.78, 5) is 4.29. The zero-order chi connectivity index (χ0) is 10.8. The van der Waals surface area contributed by atoms with Gasteiger partial charge in [-0.3, -0.25) is 0 Å². The van der Waals surface area contributed by atoms with Crippen molar-refractivity contribution in [3.63, 3.8) is 0 Å². The maximum Gasteiger partial charge on any atom is 0.228 e. The summed E-state index contributed by atoms with van der Waals surface area (Å²) in [5.74, 6) is 1.26. The highest BCUT2D eigenvalue weighted by molar-refractivity contribution is 5.51. The summed E-state index contributed by atoms with van der Waals surface area (Å²) in [7, 11) is 0. The summed E-state index contributed by atoms with van der Waals surface area (Å²) in [6.45, 7) is 0.900. The van der Waals surface area contributed by atoms with Crippen LogP contribution in [0, 0.1) is 0 Å². The van der Waals surface area contributed by atoms with Crippen molar-refractivity contribution in [2.24, 2.45) is 0 Å². The first-order chi connectivity index (χ1) is 7.92. The Kier molecular flexibility index (Phi) is 2.46. The van der Waals surface area contributed by atoms with Gasteiger partial charge in [0.25, 0.3) is 0 Å². The lowest BCUT2D eigenvalue weighted by molar-refractivity contribution is 0.376. The molecule has 5 heteroatoms. The third-order valence-electron chi connectivity index (χ3n) is 2.60. The second kappa shape index (κ2) is 4.09. The molecule has 0 amide bonds. The normalized spacial score (nSPS) is 15.5. The van der Waals surface area contributed by atoms with Crippen molar-refractivity contribution in [1.29, 1.82) is 0 Å². The molecule has 0 saturated heterocycles. The number of aromatic nitrogens is 2. The summed E-state index contributed by atoms with van der Waals surface area (Å²) in [6.07, 6.45) is 6.58. The zero-order valence-corrected chi connectivity index (χ0v) is 8.85. The van der Waals surface area contributed by atoms with E-state index in [1.165, 1.54) is 12.8 Å². The fourth-order valence-electron chi connectivity index (χ4n) is 1.54. The number of nitrogens with zero attached hydrogens (tertiary/aromatic N) is 2. The fraction of sp³-hybridized carbons (Fsp3) is 0.455. The molecule has 1 aliphatic rings. The Hall–Kier alpha value is -1.62. The molecule has 16 heavy (non-hydrogen) atoms. The van der Waals surface area contributed by atoms with E-state index in [2.05, 4.69) is 15.5 Å². The van der Waals surface area contributed by atoms with Gasteiger partial charge < -0.3 is 14.3 Å². The predicted molar refractivity (Wildman–Crippen MR) is 56.7 cm³/mol. The molecule has 1 fully saturated rings. The van der Waals surface area contributed by atoms with E-state index in [-0.39, 0.29) is 0 Å². The smallest absolute Gasteiger partial charge is 0.228 e. The van der Waals surface area contributed by atoms with Gasteiger partial charge in [0.15, 0.2) is 0 Å². The zero-order valence-electron chi connectivity index (χ0n) is 8.85. The van der Waals surface area contributed by atoms with E-state index in [0.29, 0.717) is 11.7 Å². The Morgan fingerprint density at radius 3 is 3.12 bits per heavy atom. The number of hydrogen-bond acceptors (Lipinski definition) is 5. The highest BCUT2D eigenvalue weighted by Crippen LogP contribution is 2.19. The van der Waals surface area contributed by atoms with E-state index < -0.39 is 0 Å². The summed E-state index contributed by atoms with van der Waals surface area (Å²) in [5.41, 5.74) is 0.852. The van der Waals surface area contributed by atoms with E-state index in [0.717, 1.165) is 24.6 Å². The van der Waals surface area contributed by atoms with Crippen molar-refractivity contribution >= 4 is 0 Å². The van der Waals surface area contributed by atoms with Crippen molar-refractivity contribution < 1.29 is 8.94 Å². The Balaban J connectivity index is 1.59. The molecule has 0 atom stereocenters. The van der Waals surface area contributed by atoms with E-state index in [1.807, 2.05) is 6.07 Å². The average Bonchev–Trinajstić information content (AvgIpc) is 2.83. The Bertz CT molecular complexity index is 446. The molecule has 0 aromatic carbocycles. The van der Waals surface area contributed by atoms with E-state index in [1.54, 1.807) is 12.5 Å². The molecule has 0 radical (unpaired) electrons. The van der Waals surface area contributed by atoms with Gasteiger partial charge in [-0.15, -0.1) is 0 Å². The summed E-state index contributed by atoms with van der Waals surface area (Å²) in [6, 6.07) is 2.54. The standard InChI is InChI=1S/C11H13N3O2/c1-2-9(1)12-5-3-10-13-11(14-16-10)8-4-6-15-7-8/h4,6-7,9,12H,1-3,5H2. The molecule has 0 spiro atoms. The lowest BCUT2D eigenvalue weighted by atomic mass is 10.3. The Labute approximate surface area is 92.8 Å². The maximum atomic E-state index is 5.15. The third kappa shape index (κ3) is 2.14. The largest absolute Gasteiger partial charge is 0.472 e. The van der Waals surface area contributed by atoms with Crippen LogP contribution in [0.25, 0.3) is 11.4 Å². The first-order valence-electron chi connectivity index (χ1n) is 5.50. The number of furan rings is 1. The molecule has 1 saturated carbocycles. The lowest BCUT2D eigenvalue weighted by Gasteiger charge is -1.96. The van der Waals surface area contributed by atoms with Crippen LogP contribution in [0.15, 0.2) is 27.5 Å². The first-order valence-corrected chi connectivity index (χ1v) is 5.50. The average molecular weight is 219 g/mol. The van der Waals surface area contributed by atoms with Crippen molar-refractivity contribution in [1.82, 2.24) is 15.5 Å². The van der Waals surface area contributed by atoms with Gasteiger partial charge in [-0.2, -0.15) is 4.98 Å². The van der Waals surface area contributed by atoms with Crippen LogP contribution in [0.5, 0.6) is 0 Å². The van der Waals surface area contributed by atoms with E-state index in [9.17, 15) is 0 Å². The minimum absolute atomic E-state index is 0.593. The van der Waals surface area contributed by atoms with Crippen LogP contribution < -0.4 is 5.32 Å². The molecule has 2 aromatic rings. The van der Waals surface area contributed by atoms with Gasteiger partial charge in [0.2, 0.25) is 11.7 Å². The molecular weight excluding hydrogens is 206 g/mol. The van der Waals surface area contributed by atoms with Gasteiger partial charge in [0, 0.05) is 19.0 Å². The molecule has 1 N–H and O–H groups in total. The van der Waals surface area contributed by atoms with Gasteiger partial charge in [-0.25, -0.2) is 0 Å². The molecule has 0 unspecified atom stereocenters. The topological polar surface area (TPSA) is 64.1 Å². The maximum absolute atomic E-state index is 5.15. The lowest BCUT2D eigenvalue weighted by Crippen LogP contribution is -2.19. The predicted octanol–water partition coefficient (Wildman–Crippen LogP) is 1.62. The van der Waals surface area contributed by atoms with Gasteiger partial charge in [0.05, 0.1) is 11.8 Å². The molecule has 5 nitrogen and oxygen atoms in total. The summed E-state index contributed by atoms with van der Waals surface area (Å²) >= 11 is 0. The van der Waals surface area contributed by atoms with Gasteiger partial charge in [0.1, 0.15) is 6.26 Å². The SMILES string of the molecule is c1cc(-c2noc(CCNC3CC3)n2)co1. The monoisotopic (exact) mass is 219 g/mol. The van der Waals surface area contributed by atoms with Crippen molar-refractivity contribution in [3.05, 3.63) is 24.5 Å². The minimum Gasteiger partial charge on any atom is -0.472 e. The molecular formula is C11H13N3O2. The highest BCUT2D eigenvalue weighted by Gasteiger charge is 2.20. The fourth-order valence-corrected chi connectivity index (χ4v) is 1.54. The molecule has 1 aliphatic carbocycles. The molecule has 84 valence electrons. The highest BCUT2D eigenvalue weighted by atomic mass is 16.5. The molecule has 0 bridgehead atoms.